The summed E-state index contributed by atoms with van der Waals surface area (Å²) in [5.41, 5.74) is 2.46. The van der Waals surface area contributed by atoms with Crippen LogP contribution < -0.4 is 10.6 Å². The predicted molar refractivity (Wildman–Crippen MR) is 88.8 cm³/mol. The lowest BCUT2D eigenvalue weighted by Crippen LogP contribution is -2.42. The Morgan fingerprint density at radius 2 is 1.64 bits per heavy atom. The van der Waals surface area contributed by atoms with E-state index in [9.17, 15) is 4.79 Å². The van der Waals surface area contributed by atoms with Gasteiger partial charge >= 0.3 is 0 Å². The fourth-order valence-electron chi connectivity index (χ4n) is 3.03. The minimum Gasteiger partial charge on any atom is -0.354 e. The highest BCUT2D eigenvalue weighted by Crippen LogP contribution is 2.23. The number of nitrogens with one attached hydrogen (secondary N) is 2. The van der Waals surface area contributed by atoms with Gasteiger partial charge in [-0.15, -0.1) is 0 Å². The molecule has 0 aromatic heterocycles. The lowest BCUT2D eigenvalue weighted by Gasteiger charge is -2.20. The molecule has 0 spiro atoms. The summed E-state index contributed by atoms with van der Waals surface area (Å²) < 4.78 is 0. The second-order valence-corrected chi connectivity index (χ2v) is 5.77. The van der Waals surface area contributed by atoms with Gasteiger partial charge in [0.2, 0.25) is 5.91 Å². The molecule has 3 nitrogen and oxygen atoms in total. The molecule has 1 saturated heterocycles. The van der Waals surface area contributed by atoms with Crippen LogP contribution in [0.5, 0.6) is 0 Å². The van der Waals surface area contributed by atoms with Crippen molar-refractivity contribution < 1.29 is 4.79 Å². The summed E-state index contributed by atoms with van der Waals surface area (Å²) in [4.78, 5) is 12.2. The van der Waals surface area contributed by atoms with Crippen LogP contribution in [0.25, 0.3) is 0 Å². The Kier molecular flexibility index (Phi) is 4.86. The Hall–Kier alpha value is -2.13. The van der Waals surface area contributed by atoms with Crippen LogP contribution in [0.15, 0.2) is 60.7 Å². The molecule has 114 valence electrons. The third-order valence-electron chi connectivity index (χ3n) is 4.26. The maximum absolute atomic E-state index is 12.2. The molecule has 1 heterocycles. The van der Waals surface area contributed by atoms with Crippen LogP contribution in [0.1, 0.15) is 29.9 Å². The minimum absolute atomic E-state index is 0.0211. The highest BCUT2D eigenvalue weighted by Gasteiger charge is 2.23. The standard InChI is InChI=1S/C19H22N2O/c22-19(18-12-7-13-20-18)21-14-17(15-8-3-1-4-9-15)16-10-5-2-6-11-16/h1-6,8-11,17-18,20H,7,12-14H2,(H,21,22)/t18-/m1/s1. The van der Waals surface area contributed by atoms with Crippen LogP contribution in [0.4, 0.5) is 0 Å². The van der Waals surface area contributed by atoms with Crippen LogP contribution in [0, 0.1) is 0 Å². The SMILES string of the molecule is O=C(NCC(c1ccccc1)c1ccccc1)[C@H]1CCCN1. The van der Waals surface area contributed by atoms with Crippen molar-refractivity contribution in [2.45, 2.75) is 24.8 Å². The van der Waals surface area contributed by atoms with E-state index < -0.39 is 0 Å². The smallest absolute Gasteiger partial charge is 0.237 e. The maximum Gasteiger partial charge on any atom is 0.237 e. The molecule has 0 bridgehead atoms. The Bertz CT molecular complexity index is 552. The molecule has 1 aliphatic rings. The molecule has 2 aromatic carbocycles. The molecule has 1 atom stereocenters. The molecule has 3 rings (SSSR count). The molecule has 2 N–H and O–H groups in total. The molecule has 1 aliphatic heterocycles. The van der Waals surface area contributed by atoms with Gasteiger partial charge in [0.25, 0.3) is 0 Å². The molecule has 1 fully saturated rings. The largest absolute Gasteiger partial charge is 0.354 e. The highest BCUT2D eigenvalue weighted by molar-refractivity contribution is 5.82. The molecule has 0 unspecified atom stereocenters. The summed E-state index contributed by atoms with van der Waals surface area (Å²) in [5.74, 6) is 0.308. The van der Waals surface area contributed by atoms with Gasteiger partial charge < -0.3 is 10.6 Å². The summed E-state index contributed by atoms with van der Waals surface area (Å²) in [6, 6.07) is 20.7. The molecule has 2 aromatic rings. The van der Waals surface area contributed by atoms with Crippen LogP contribution in [-0.4, -0.2) is 25.0 Å². The number of carbonyl (C=O) groups excluding carboxylic acids is 1. The van der Waals surface area contributed by atoms with Crippen molar-refractivity contribution in [3.8, 4) is 0 Å². The number of hydrogen-bond acceptors (Lipinski definition) is 2. The number of amides is 1. The van der Waals surface area contributed by atoms with E-state index in [0.29, 0.717) is 6.54 Å². The zero-order chi connectivity index (χ0) is 15.2. The van der Waals surface area contributed by atoms with E-state index in [1.165, 1.54) is 11.1 Å². The van der Waals surface area contributed by atoms with E-state index in [4.69, 9.17) is 0 Å². The van der Waals surface area contributed by atoms with Crippen molar-refractivity contribution in [1.82, 2.24) is 10.6 Å². The zero-order valence-electron chi connectivity index (χ0n) is 12.7. The predicted octanol–water partition coefficient (Wildman–Crippen LogP) is 2.69. The molecular weight excluding hydrogens is 272 g/mol. The number of hydrogen-bond donors (Lipinski definition) is 2. The monoisotopic (exact) mass is 294 g/mol. The van der Waals surface area contributed by atoms with E-state index in [0.717, 1.165) is 19.4 Å². The molecule has 0 aliphatic carbocycles. The molecule has 3 heteroatoms. The Balaban J connectivity index is 1.73. The number of benzene rings is 2. The molecule has 0 saturated carbocycles. The molecule has 1 amide bonds. The van der Waals surface area contributed by atoms with Crippen LogP contribution in [0.3, 0.4) is 0 Å². The first-order valence-corrected chi connectivity index (χ1v) is 7.95. The highest BCUT2D eigenvalue weighted by atomic mass is 16.2. The topological polar surface area (TPSA) is 41.1 Å². The van der Waals surface area contributed by atoms with Gasteiger partial charge in [-0.25, -0.2) is 0 Å². The van der Waals surface area contributed by atoms with E-state index in [-0.39, 0.29) is 17.9 Å². The normalized spacial score (nSPS) is 17.6. The average Bonchev–Trinajstić information content (AvgIpc) is 3.11. The second-order valence-electron chi connectivity index (χ2n) is 5.77. The fourth-order valence-corrected chi connectivity index (χ4v) is 3.03. The van der Waals surface area contributed by atoms with Crippen LogP contribution in [0.2, 0.25) is 0 Å². The van der Waals surface area contributed by atoms with Crippen molar-refractivity contribution in [3.05, 3.63) is 71.8 Å². The van der Waals surface area contributed by atoms with Crippen LogP contribution in [-0.2, 0) is 4.79 Å². The summed E-state index contributed by atoms with van der Waals surface area (Å²) in [7, 11) is 0. The molecular formula is C19H22N2O. The molecule has 0 radical (unpaired) electrons. The van der Waals surface area contributed by atoms with E-state index in [2.05, 4.69) is 34.9 Å². The Morgan fingerprint density at radius 3 is 2.14 bits per heavy atom. The third-order valence-corrected chi connectivity index (χ3v) is 4.26. The van der Waals surface area contributed by atoms with E-state index in [1.807, 2.05) is 36.4 Å². The van der Waals surface area contributed by atoms with Gasteiger partial charge in [-0.05, 0) is 30.5 Å². The number of carbonyl (C=O) groups is 1. The summed E-state index contributed by atoms with van der Waals surface area (Å²) in [5, 5.41) is 6.37. The van der Waals surface area contributed by atoms with Crippen LogP contribution >= 0.6 is 0 Å². The van der Waals surface area contributed by atoms with Gasteiger partial charge in [0.15, 0.2) is 0 Å². The average molecular weight is 294 g/mol. The number of rotatable bonds is 5. The van der Waals surface area contributed by atoms with E-state index >= 15 is 0 Å². The van der Waals surface area contributed by atoms with Gasteiger partial charge in [-0.3, -0.25) is 4.79 Å². The summed E-state index contributed by atoms with van der Waals surface area (Å²) in [6.07, 6.45) is 2.02. The molecule has 22 heavy (non-hydrogen) atoms. The van der Waals surface area contributed by atoms with Crippen molar-refractivity contribution >= 4 is 5.91 Å². The summed E-state index contributed by atoms with van der Waals surface area (Å²) in [6.45, 7) is 1.57. The van der Waals surface area contributed by atoms with Crippen molar-refractivity contribution in [1.29, 1.82) is 0 Å². The van der Waals surface area contributed by atoms with Gasteiger partial charge in [-0.1, -0.05) is 60.7 Å². The first-order chi connectivity index (χ1) is 10.8. The fraction of sp³-hybridized carbons (Fsp3) is 0.316. The minimum atomic E-state index is -0.0211. The van der Waals surface area contributed by atoms with Gasteiger partial charge in [-0.2, -0.15) is 0 Å². The maximum atomic E-state index is 12.2. The van der Waals surface area contributed by atoms with Gasteiger partial charge in [0, 0.05) is 12.5 Å². The summed E-state index contributed by atoms with van der Waals surface area (Å²) >= 11 is 0. The van der Waals surface area contributed by atoms with Gasteiger partial charge in [0.05, 0.1) is 6.04 Å². The van der Waals surface area contributed by atoms with Gasteiger partial charge in [0.1, 0.15) is 0 Å². The van der Waals surface area contributed by atoms with Crippen molar-refractivity contribution in [3.63, 3.8) is 0 Å². The zero-order valence-corrected chi connectivity index (χ0v) is 12.7. The second kappa shape index (κ2) is 7.23. The van der Waals surface area contributed by atoms with Crippen molar-refractivity contribution in [2.75, 3.05) is 13.1 Å². The lowest BCUT2D eigenvalue weighted by molar-refractivity contribution is -0.122. The first kappa shape index (κ1) is 14.8. The van der Waals surface area contributed by atoms with Crippen molar-refractivity contribution in [2.24, 2.45) is 0 Å². The Labute approximate surface area is 131 Å². The van der Waals surface area contributed by atoms with E-state index in [1.54, 1.807) is 0 Å². The Morgan fingerprint density at radius 1 is 1.05 bits per heavy atom. The quantitative estimate of drug-likeness (QED) is 0.890. The first-order valence-electron chi connectivity index (χ1n) is 7.95. The third kappa shape index (κ3) is 3.55. The lowest BCUT2D eigenvalue weighted by atomic mass is 9.91.